The lowest BCUT2D eigenvalue weighted by atomic mass is 10.2. The molecule has 0 radical (unpaired) electrons. The van der Waals surface area contributed by atoms with Crippen LogP contribution in [0, 0.1) is 6.92 Å². The van der Waals surface area contributed by atoms with Gasteiger partial charge >= 0.3 is 0 Å². The van der Waals surface area contributed by atoms with Gasteiger partial charge in [0.1, 0.15) is 12.4 Å². The summed E-state index contributed by atoms with van der Waals surface area (Å²) < 4.78 is 1.88. The monoisotopic (exact) mass is 365 g/mol. The number of hydrogen-bond acceptors (Lipinski definition) is 4. The van der Waals surface area contributed by atoms with Gasteiger partial charge in [0.05, 0.1) is 17.6 Å². The molecule has 27 heavy (non-hydrogen) atoms. The maximum absolute atomic E-state index is 12.5. The van der Waals surface area contributed by atoms with E-state index in [1.54, 1.807) is 29.2 Å². The Morgan fingerprint density at radius 3 is 2.37 bits per heavy atom. The first-order valence-corrected chi connectivity index (χ1v) is 8.69. The Morgan fingerprint density at radius 1 is 1.00 bits per heavy atom. The summed E-state index contributed by atoms with van der Waals surface area (Å²) in [4.78, 5) is 30.6. The Balaban J connectivity index is 1.68. The van der Waals surface area contributed by atoms with Crippen LogP contribution in [0.25, 0.3) is 11.0 Å². The highest BCUT2D eigenvalue weighted by Crippen LogP contribution is 2.17. The van der Waals surface area contributed by atoms with Crippen molar-refractivity contribution >= 4 is 34.2 Å². The summed E-state index contributed by atoms with van der Waals surface area (Å²) in [5.74, 6) is 0.526. The SMILES string of the molecule is Cc1nc2ccccc2n1CC(=O)Nc1cccc(NC(=O)CN(C)C)c1. The van der Waals surface area contributed by atoms with Gasteiger partial charge in [0.2, 0.25) is 11.8 Å². The van der Waals surface area contributed by atoms with E-state index in [0.717, 1.165) is 16.9 Å². The normalized spacial score (nSPS) is 11.0. The number of benzene rings is 2. The second-order valence-corrected chi connectivity index (χ2v) is 6.65. The number of nitrogens with zero attached hydrogens (tertiary/aromatic N) is 3. The zero-order valence-electron chi connectivity index (χ0n) is 15.7. The number of amides is 2. The van der Waals surface area contributed by atoms with Crippen molar-refractivity contribution in [2.24, 2.45) is 0 Å². The first kappa shape index (κ1) is 18.6. The van der Waals surface area contributed by atoms with Crippen LogP contribution in [0.5, 0.6) is 0 Å². The molecule has 3 rings (SSSR count). The summed E-state index contributed by atoms with van der Waals surface area (Å²) in [6, 6.07) is 14.8. The molecule has 0 saturated heterocycles. The van der Waals surface area contributed by atoms with Gasteiger partial charge in [0.15, 0.2) is 0 Å². The van der Waals surface area contributed by atoms with Crippen LogP contribution in [0.2, 0.25) is 0 Å². The molecule has 7 nitrogen and oxygen atoms in total. The fraction of sp³-hybridized carbons (Fsp3) is 0.250. The van der Waals surface area contributed by atoms with E-state index in [2.05, 4.69) is 15.6 Å². The largest absolute Gasteiger partial charge is 0.325 e. The van der Waals surface area contributed by atoms with Crippen LogP contribution in [0.4, 0.5) is 11.4 Å². The number of anilines is 2. The van der Waals surface area contributed by atoms with Crippen LogP contribution in [0.1, 0.15) is 5.82 Å². The molecule has 3 aromatic rings. The Kier molecular flexibility index (Phi) is 5.52. The molecule has 0 unspecified atom stereocenters. The third-order valence-electron chi connectivity index (χ3n) is 4.04. The number of aryl methyl sites for hydroxylation is 1. The Morgan fingerprint density at radius 2 is 1.67 bits per heavy atom. The number of para-hydroxylation sites is 2. The van der Waals surface area contributed by atoms with E-state index in [1.807, 2.05) is 49.9 Å². The van der Waals surface area contributed by atoms with Gasteiger partial charge in [-0.3, -0.25) is 9.59 Å². The summed E-state index contributed by atoms with van der Waals surface area (Å²) in [5.41, 5.74) is 3.07. The van der Waals surface area contributed by atoms with E-state index >= 15 is 0 Å². The third-order valence-corrected chi connectivity index (χ3v) is 4.04. The highest BCUT2D eigenvalue weighted by atomic mass is 16.2. The molecule has 0 aliphatic rings. The maximum atomic E-state index is 12.5. The van der Waals surface area contributed by atoms with E-state index in [4.69, 9.17) is 0 Å². The van der Waals surface area contributed by atoms with Crippen LogP contribution in [0.15, 0.2) is 48.5 Å². The lowest BCUT2D eigenvalue weighted by molar-refractivity contribution is -0.117. The number of imidazole rings is 1. The summed E-state index contributed by atoms with van der Waals surface area (Å²) in [6.07, 6.45) is 0. The van der Waals surface area contributed by atoms with E-state index in [1.165, 1.54) is 0 Å². The van der Waals surface area contributed by atoms with E-state index in [0.29, 0.717) is 17.9 Å². The highest BCUT2D eigenvalue weighted by molar-refractivity contribution is 5.95. The quantitative estimate of drug-likeness (QED) is 0.703. The van der Waals surface area contributed by atoms with Gasteiger partial charge in [-0.1, -0.05) is 18.2 Å². The summed E-state index contributed by atoms with van der Waals surface area (Å²) >= 11 is 0. The number of carbonyl (C=O) groups is 2. The molecule has 0 spiro atoms. The molecule has 2 N–H and O–H groups in total. The molecular formula is C20H23N5O2. The van der Waals surface area contributed by atoms with Crippen molar-refractivity contribution in [3.8, 4) is 0 Å². The van der Waals surface area contributed by atoms with Gasteiger partial charge in [-0.05, 0) is 51.4 Å². The first-order chi connectivity index (χ1) is 12.9. The Labute approximate surface area is 158 Å². The van der Waals surface area contributed by atoms with Crippen molar-refractivity contribution in [1.82, 2.24) is 14.5 Å². The van der Waals surface area contributed by atoms with Gasteiger partial charge in [0, 0.05) is 11.4 Å². The van der Waals surface area contributed by atoms with Crippen LogP contribution < -0.4 is 10.6 Å². The number of rotatable bonds is 6. The molecule has 0 aliphatic heterocycles. The predicted molar refractivity (Wildman–Crippen MR) is 107 cm³/mol. The van der Waals surface area contributed by atoms with Gasteiger partial charge < -0.3 is 20.1 Å². The summed E-state index contributed by atoms with van der Waals surface area (Å²) in [7, 11) is 3.66. The number of fused-ring (bicyclic) bond motifs is 1. The minimum Gasteiger partial charge on any atom is -0.325 e. The fourth-order valence-corrected chi connectivity index (χ4v) is 2.90. The predicted octanol–water partition coefficient (Wildman–Crippen LogP) is 2.48. The van der Waals surface area contributed by atoms with Crippen LogP contribution in [-0.4, -0.2) is 46.9 Å². The van der Waals surface area contributed by atoms with Crippen LogP contribution in [-0.2, 0) is 16.1 Å². The fourth-order valence-electron chi connectivity index (χ4n) is 2.90. The number of nitrogens with one attached hydrogen (secondary N) is 2. The third kappa shape index (κ3) is 4.71. The summed E-state index contributed by atoms with van der Waals surface area (Å²) in [6.45, 7) is 2.35. The van der Waals surface area contributed by atoms with Gasteiger partial charge in [0.25, 0.3) is 0 Å². The zero-order valence-corrected chi connectivity index (χ0v) is 15.7. The van der Waals surface area contributed by atoms with Gasteiger partial charge in [-0.15, -0.1) is 0 Å². The maximum Gasteiger partial charge on any atom is 0.244 e. The van der Waals surface area contributed by atoms with Crippen molar-refractivity contribution in [3.05, 3.63) is 54.4 Å². The molecule has 7 heteroatoms. The molecule has 2 aromatic carbocycles. The van der Waals surface area contributed by atoms with Crippen LogP contribution >= 0.6 is 0 Å². The number of aromatic nitrogens is 2. The number of hydrogen-bond donors (Lipinski definition) is 2. The average Bonchev–Trinajstić information content (AvgIpc) is 2.90. The smallest absolute Gasteiger partial charge is 0.244 e. The van der Waals surface area contributed by atoms with Crippen molar-refractivity contribution in [1.29, 1.82) is 0 Å². The van der Waals surface area contributed by atoms with E-state index in [-0.39, 0.29) is 18.4 Å². The average molecular weight is 365 g/mol. The second-order valence-electron chi connectivity index (χ2n) is 6.65. The molecule has 2 amide bonds. The van der Waals surface area contributed by atoms with Crippen molar-refractivity contribution < 1.29 is 9.59 Å². The van der Waals surface area contributed by atoms with E-state index in [9.17, 15) is 9.59 Å². The Hall–Kier alpha value is -3.19. The second kappa shape index (κ2) is 8.01. The van der Waals surface area contributed by atoms with Crippen molar-refractivity contribution in [2.75, 3.05) is 31.3 Å². The zero-order chi connectivity index (χ0) is 19.4. The lowest BCUT2D eigenvalue weighted by Gasteiger charge is -2.12. The molecule has 0 saturated carbocycles. The molecule has 0 bridgehead atoms. The topological polar surface area (TPSA) is 79.3 Å². The molecular weight excluding hydrogens is 342 g/mol. The first-order valence-electron chi connectivity index (χ1n) is 8.69. The van der Waals surface area contributed by atoms with Gasteiger partial charge in [-0.25, -0.2) is 4.98 Å². The number of carbonyl (C=O) groups excluding carboxylic acids is 2. The van der Waals surface area contributed by atoms with Crippen LogP contribution in [0.3, 0.4) is 0 Å². The molecule has 1 aromatic heterocycles. The standard InChI is InChI=1S/C20H23N5O2/c1-14-21-17-9-4-5-10-18(17)25(14)13-20(27)23-16-8-6-7-15(11-16)22-19(26)12-24(2)3/h4-11H,12-13H2,1-3H3,(H,22,26)(H,23,27). The molecule has 0 atom stereocenters. The number of likely N-dealkylation sites (N-methyl/N-ethyl adjacent to an activating group) is 1. The Bertz CT molecular complexity index is 977. The molecule has 0 aliphatic carbocycles. The van der Waals surface area contributed by atoms with E-state index < -0.39 is 0 Å². The molecule has 1 heterocycles. The molecule has 140 valence electrons. The van der Waals surface area contributed by atoms with Gasteiger partial charge in [-0.2, -0.15) is 0 Å². The van der Waals surface area contributed by atoms with Crippen molar-refractivity contribution in [2.45, 2.75) is 13.5 Å². The minimum absolute atomic E-state index is 0.107. The highest BCUT2D eigenvalue weighted by Gasteiger charge is 2.11. The summed E-state index contributed by atoms with van der Waals surface area (Å²) in [5, 5.41) is 5.70. The lowest BCUT2D eigenvalue weighted by Crippen LogP contribution is -2.27. The molecule has 0 fully saturated rings. The van der Waals surface area contributed by atoms with Crippen molar-refractivity contribution in [3.63, 3.8) is 0 Å². The minimum atomic E-state index is -0.155.